The quantitative estimate of drug-likeness (QED) is 0.0228. The second-order valence-electron chi connectivity index (χ2n) is 23.4. The molecule has 0 aromatic carbocycles. The largest absolute Gasteiger partial charge is 0.479 e. The van der Waals surface area contributed by atoms with Crippen LogP contribution >= 0.6 is 0 Å². The van der Waals surface area contributed by atoms with Gasteiger partial charge < -0.3 is 39.0 Å². The van der Waals surface area contributed by atoms with Gasteiger partial charge >= 0.3 is 23.9 Å². The molecule has 12 nitrogen and oxygen atoms in total. The van der Waals surface area contributed by atoms with Gasteiger partial charge in [0.2, 0.25) is 0 Å². The van der Waals surface area contributed by atoms with Crippen LogP contribution in [-0.4, -0.2) is 89.2 Å². The van der Waals surface area contributed by atoms with Crippen molar-refractivity contribution in [1.82, 2.24) is 0 Å². The predicted octanol–water partition coefficient (Wildman–Crippen LogP) is 18.7. The second kappa shape index (κ2) is 58.8. The third-order valence-electron chi connectivity index (χ3n) is 15.6. The van der Waals surface area contributed by atoms with Crippen LogP contribution in [0.2, 0.25) is 0 Å². The summed E-state index contributed by atoms with van der Waals surface area (Å²) >= 11 is 0. The molecular weight excluding hydrogens is 1040 g/mol. The molecule has 6 unspecified atom stereocenters. The van der Waals surface area contributed by atoms with Crippen LogP contribution in [0.15, 0.2) is 60.8 Å². The van der Waals surface area contributed by atoms with Gasteiger partial charge in [-0.1, -0.05) is 300 Å². The highest BCUT2D eigenvalue weighted by Crippen LogP contribution is 2.27. The zero-order valence-electron chi connectivity index (χ0n) is 53.2. The molecule has 1 saturated heterocycles. The van der Waals surface area contributed by atoms with Crippen LogP contribution in [-0.2, 0) is 42.9 Å². The van der Waals surface area contributed by atoms with Crippen LogP contribution in [0.5, 0.6) is 0 Å². The molecule has 0 saturated carbocycles. The van der Waals surface area contributed by atoms with Gasteiger partial charge in [-0.3, -0.25) is 14.4 Å². The molecular formula is C71H124O12. The maximum absolute atomic E-state index is 13.2. The molecule has 1 rings (SSSR count). The van der Waals surface area contributed by atoms with E-state index in [-0.39, 0.29) is 25.9 Å². The van der Waals surface area contributed by atoms with Crippen LogP contribution in [0, 0.1) is 0 Å². The van der Waals surface area contributed by atoms with Crippen LogP contribution < -0.4 is 0 Å². The van der Waals surface area contributed by atoms with Gasteiger partial charge in [-0.15, -0.1) is 0 Å². The number of carbonyl (C=O) groups excluding carboxylic acids is 3. The topological polar surface area (TPSA) is 175 Å². The minimum Gasteiger partial charge on any atom is -0.479 e. The van der Waals surface area contributed by atoms with Crippen molar-refractivity contribution in [1.29, 1.82) is 0 Å². The average molecular weight is 1170 g/mol. The minimum absolute atomic E-state index is 0.0161. The molecule has 0 spiro atoms. The van der Waals surface area contributed by atoms with Crippen molar-refractivity contribution in [2.75, 3.05) is 13.2 Å². The molecule has 0 bridgehead atoms. The van der Waals surface area contributed by atoms with Gasteiger partial charge in [-0.05, 0) is 57.8 Å². The third kappa shape index (κ3) is 48.3. The van der Waals surface area contributed by atoms with Gasteiger partial charge in [0.15, 0.2) is 24.6 Å². The number of unbranched alkanes of at least 4 members (excludes halogenated alkanes) is 35. The number of carboxylic acids is 1. The van der Waals surface area contributed by atoms with E-state index >= 15 is 0 Å². The Morgan fingerprint density at radius 3 is 1.14 bits per heavy atom. The van der Waals surface area contributed by atoms with E-state index in [9.17, 15) is 34.5 Å². The van der Waals surface area contributed by atoms with E-state index in [0.29, 0.717) is 25.7 Å². The maximum Gasteiger partial charge on any atom is 0.335 e. The predicted molar refractivity (Wildman–Crippen MR) is 340 cm³/mol. The Bertz CT molecular complexity index is 1670. The first-order chi connectivity index (χ1) is 40.6. The zero-order valence-corrected chi connectivity index (χ0v) is 53.2. The number of ether oxygens (including phenoxy) is 5. The van der Waals surface area contributed by atoms with Gasteiger partial charge in [-0.25, -0.2) is 4.79 Å². The fraction of sp³-hybridized carbons (Fsp3) is 0.803. The number of carboxylic acid groups (broad SMARTS) is 1. The number of hydrogen-bond acceptors (Lipinski definition) is 11. The molecule has 12 heteroatoms. The highest BCUT2D eigenvalue weighted by atomic mass is 16.7. The first-order valence-electron chi connectivity index (χ1n) is 34.3. The number of esters is 3. The van der Waals surface area contributed by atoms with Crippen molar-refractivity contribution < 1.29 is 58.2 Å². The molecule has 3 N–H and O–H groups in total. The van der Waals surface area contributed by atoms with E-state index in [1.807, 2.05) is 12.2 Å². The molecule has 6 atom stereocenters. The molecule has 480 valence electrons. The lowest BCUT2D eigenvalue weighted by molar-refractivity contribution is -0.301. The second-order valence-corrected chi connectivity index (χ2v) is 23.4. The van der Waals surface area contributed by atoms with Crippen LogP contribution in [0.3, 0.4) is 0 Å². The SMILES string of the molecule is CC/C=C\C/C=C\C/C=C\C/C=C\C/C=C\CCCC(=O)OC1C(OCC(COC(=O)CCCCCCCCCCCCCCCCCCCCC)OC(=O)CCCCCCCCCCCCCCCCCCC)OC(C(=O)O)C(O)C1O. The Morgan fingerprint density at radius 2 is 0.759 bits per heavy atom. The van der Waals surface area contributed by atoms with Crippen molar-refractivity contribution in [2.45, 2.75) is 353 Å². The van der Waals surface area contributed by atoms with Crippen molar-refractivity contribution >= 4 is 23.9 Å². The normalized spacial score (nSPS) is 17.9. The van der Waals surface area contributed by atoms with Crippen molar-refractivity contribution in [3.63, 3.8) is 0 Å². The van der Waals surface area contributed by atoms with Crippen LogP contribution in [0.25, 0.3) is 0 Å². The highest BCUT2D eigenvalue weighted by Gasteiger charge is 2.50. The van der Waals surface area contributed by atoms with E-state index in [1.165, 1.54) is 180 Å². The van der Waals surface area contributed by atoms with Crippen molar-refractivity contribution in [2.24, 2.45) is 0 Å². The number of hydrogen-bond donors (Lipinski definition) is 3. The number of aliphatic hydroxyl groups excluding tert-OH is 2. The van der Waals surface area contributed by atoms with E-state index in [0.717, 1.165) is 70.6 Å². The Kier molecular flexibility index (Phi) is 54.8. The Morgan fingerprint density at radius 1 is 0.410 bits per heavy atom. The highest BCUT2D eigenvalue weighted by molar-refractivity contribution is 5.74. The van der Waals surface area contributed by atoms with Gasteiger partial charge in [-0.2, -0.15) is 0 Å². The van der Waals surface area contributed by atoms with Crippen LogP contribution in [0.1, 0.15) is 316 Å². The summed E-state index contributed by atoms with van der Waals surface area (Å²) in [7, 11) is 0. The summed E-state index contributed by atoms with van der Waals surface area (Å²) in [4.78, 5) is 51.4. The smallest absolute Gasteiger partial charge is 0.335 e. The van der Waals surface area contributed by atoms with Crippen molar-refractivity contribution in [3.8, 4) is 0 Å². The van der Waals surface area contributed by atoms with E-state index in [2.05, 4.69) is 69.4 Å². The number of carbonyl (C=O) groups is 4. The summed E-state index contributed by atoms with van der Waals surface area (Å²) in [6, 6.07) is 0. The molecule has 1 fully saturated rings. The zero-order chi connectivity index (χ0) is 60.3. The summed E-state index contributed by atoms with van der Waals surface area (Å²) < 4.78 is 28.5. The third-order valence-corrected chi connectivity index (χ3v) is 15.6. The number of rotatable bonds is 59. The molecule has 0 aromatic rings. The first kappa shape index (κ1) is 77.4. The molecule has 0 aliphatic carbocycles. The van der Waals surface area contributed by atoms with Crippen molar-refractivity contribution in [3.05, 3.63) is 60.8 Å². The summed E-state index contributed by atoms with van der Waals surface area (Å²) in [5.74, 6) is -3.16. The average Bonchev–Trinajstić information content (AvgIpc) is 3.55. The van der Waals surface area contributed by atoms with Gasteiger partial charge in [0, 0.05) is 19.3 Å². The molecule has 1 aliphatic heterocycles. The molecule has 0 amide bonds. The molecule has 0 aromatic heterocycles. The maximum atomic E-state index is 13.2. The fourth-order valence-electron chi connectivity index (χ4n) is 10.4. The Labute approximate surface area is 506 Å². The Hall–Kier alpha value is -3.58. The van der Waals surface area contributed by atoms with Gasteiger partial charge in [0.25, 0.3) is 0 Å². The molecule has 0 radical (unpaired) electrons. The number of aliphatic hydroxyl groups is 2. The summed E-state index contributed by atoms with van der Waals surface area (Å²) in [6.45, 7) is 5.92. The monoisotopic (exact) mass is 1170 g/mol. The van der Waals surface area contributed by atoms with E-state index in [1.54, 1.807) is 0 Å². The molecule has 83 heavy (non-hydrogen) atoms. The van der Waals surface area contributed by atoms with E-state index < -0.39 is 67.3 Å². The Balaban J connectivity index is 2.66. The number of allylic oxidation sites excluding steroid dienone is 10. The van der Waals surface area contributed by atoms with Crippen LogP contribution in [0.4, 0.5) is 0 Å². The minimum atomic E-state index is -1.92. The lowest BCUT2D eigenvalue weighted by Crippen LogP contribution is -2.61. The summed E-state index contributed by atoms with van der Waals surface area (Å²) in [6.07, 6.45) is 61.9. The lowest BCUT2D eigenvalue weighted by Gasteiger charge is -2.40. The summed E-state index contributed by atoms with van der Waals surface area (Å²) in [5, 5.41) is 31.6. The van der Waals surface area contributed by atoms with Gasteiger partial charge in [0.05, 0.1) is 6.61 Å². The standard InChI is InChI=1S/C71H124O12/c1-4-7-10-13-16-19-22-25-28-31-32-35-36-39-42-45-48-51-54-57-63(72)79-60-62(81-64(73)58-55-52-49-46-43-40-37-33-29-26-23-20-17-14-11-8-5-2)61-80-71-69(67(76)66(75)68(83-71)70(77)78)82-65(74)59-56-53-50-47-44-41-38-34-30-27-24-21-18-15-12-9-6-3/h9,12,18,21,27,30,38,41,47,50,62,66-69,71,75-76H,4-8,10-11,13-17,19-20,22-26,28-29,31-37,39-40,42-46,48-49,51-61H2,1-3H3,(H,77,78)/b12-9-,21-18-,30-27-,41-38-,50-47-. The number of aliphatic carboxylic acids is 1. The summed E-state index contributed by atoms with van der Waals surface area (Å²) in [5.41, 5.74) is 0. The molecule has 1 aliphatic rings. The lowest BCUT2D eigenvalue weighted by atomic mass is 9.98. The molecule has 1 heterocycles. The fourth-order valence-corrected chi connectivity index (χ4v) is 10.4. The van der Waals surface area contributed by atoms with Gasteiger partial charge in [0.1, 0.15) is 18.8 Å². The first-order valence-corrected chi connectivity index (χ1v) is 34.3. The van der Waals surface area contributed by atoms with E-state index in [4.69, 9.17) is 23.7 Å².